The van der Waals surface area contributed by atoms with Crippen molar-refractivity contribution in [2.45, 2.75) is 56.6 Å². The molecular weight excluding hydrogens is 399 g/mol. The van der Waals surface area contributed by atoms with Gasteiger partial charge in [-0.1, -0.05) is 48.0 Å². The molecule has 4 aliphatic carbocycles. The van der Waals surface area contributed by atoms with Crippen LogP contribution in [0.1, 0.15) is 40.0 Å². The van der Waals surface area contributed by atoms with Crippen molar-refractivity contribution in [2.75, 3.05) is 0 Å². The summed E-state index contributed by atoms with van der Waals surface area (Å²) >= 11 is 3.85. The van der Waals surface area contributed by atoms with Crippen molar-refractivity contribution in [3.63, 3.8) is 0 Å². The number of ether oxygens (including phenoxy) is 1. The van der Waals surface area contributed by atoms with Crippen LogP contribution in [0.5, 0.6) is 0 Å². The Bertz CT molecular complexity index is 771. The lowest BCUT2D eigenvalue weighted by molar-refractivity contribution is -0.157. The molecule has 7 atom stereocenters. The van der Waals surface area contributed by atoms with E-state index in [-0.39, 0.29) is 35.1 Å². The Morgan fingerprint density at radius 1 is 1.31 bits per heavy atom. The molecule has 4 rings (SSSR count). The molecule has 0 bridgehead atoms. The predicted molar refractivity (Wildman–Crippen MR) is 101 cm³/mol. The van der Waals surface area contributed by atoms with Crippen molar-refractivity contribution in [3.05, 3.63) is 36.0 Å². The van der Waals surface area contributed by atoms with Gasteiger partial charge in [0.2, 0.25) is 0 Å². The first-order valence-electron chi connectivity index (χ1n) is 9.26. The van der Waals surface area contributed by atoms with Crippen molar-refractivity contribution < 1.29 is 18.7 Å². The molecule has 0 aliphatic heterocycles. The van der Waals surface area contributed by atoms with E-state index in [4.69, 9.17) is 4.74 Å². The SMILES string of the molecule is CC(=O)O[C@H]1CC[C@H]2[C@@H]3C=CC4=CC(=O)C=C[C@]4(C)[C@@]3(Br)[C@@H](F)C[C@]12C. The number of carbonyl (C=O) groups excluding carboxylic acids is 2. The third kappa shape index (κ3) is 2.15. The van der Waals surface area contributed by atoms with E-state index >= 15 is 4.39 Å². The number of hydrogen-bond donors (Lipinski definition) is 0. The summed E-state index contributed by atoms with van der Waals surface area (Å²) in [5.41, 5.74) is -0.0945. The highest BCUT2D eigenvalue weighted by atomic mass is 79.9. The lowest BCUT2D eigenvalue weighted by atomic mass is 9.49. The molecular formula is C21H24BrFO3. The summed E-state index contributed by atoms with van der Waals surface area (Å²) in [4.78, 5) is 23.4. The van der Waals surface area contributed by atoms with Crippen LogP contribution in [0.2, 0.25) is 0 Å². The van der Waals surface area contributed by atoms with E-state index in [9.17, 15) is 9.59 Å². The van der Waals surface area contributed by atoms with Crippen LogP contribution in [0.4, 0.5) is 4.39 Å². The average molecular weight is 423 g/mol. The van der Waals surface area contributed by atoms with Gasteiger partial charge in [-0.3, -0.25) is 9.59 Å². The van der Waals surface area contributed by atoms with Gasteiger partial charge in [0.15, 0.2) is 5.78 Å². The molecule has 0 unspecified atom stereocenters. The zero-order valence-electron chi connectivity index (χ0n) is 15.3. The molecule has 26 heavy (non-hydrogen) atoms. The predicted octanol–water partition coefficient (Wildman–Crippen LogP) is 4.47. The summed E-state index contributed by atoms with van der Waals surface area (Å²) in [7, 11) is 0. The molecule has 3 nitrogen and oxygen atoms in total. The first kappa shape index (κ1) is 18.1. The zero-order chi connectivity index (χ0) is 18.9. The van der Waals surface area contributed by atoms with E-state index in [0.717, 1.165) is 18.4 Å². The Kier molecular flexibility index (Phi) is 3.93. The molecule has 0 saturated heterocycles. The molecule has 0 spiro atoms. The Labute approximate surface area is 161 Å². The van der Waals surface area contributed by atoms with Crippen LogP contribution in [-0.4, -0.2) is 28.4 Å². The molecule has 0 heterocycles. The number of carbonyl (C=O) groups is 2. The van der Waals surface area contributed by atoms with Gasteiger partial charge in [-0.25, -0.2) is 4.39 Å². The molecule has 0 radical (unpaired) electrons. The summed E-state index contributed by atoms with van der Waals surface area (Å²) in [5.74, 6) is -0.160. The number of alkyl halides is 2. The van der Waals surface area contributed by atoms with Crippen LogP contribution in [0.15, 0.2) is 36.0 Å². The molecule has 2 saturated carbocycles. The highest BCUT2D eigenvalue weighted by molar-refractivity contribution is 9.10. The lowest BCUT2D eigenvalue weighted by Crippen LogP contribution is -2.63. The Hall–Kier alpha value is -1.23. The van der Waals surface area contributed by atoms with E-state index in [2.05, 4.69) is 28.9 Å². The van der Waals surface area contributed by atoms with Gasteiger partial charge in [-0.15, -0.1) is 0 Å². The number of ketones is 1. The van der Waals surface area contributed by atoms with Crippen LogP contribution < -0.4 is 0 Å². The second-order valence-electron chi connectivity index (χ2n) is 8.65. The van der Waals surface area contributed by atoms with Gasteiger partial charge in [0.1, 0.15) is 12.3 Å². The second kappa shape index (κ2) is 5.63. The van der Waals surface area contributed by atoms with Crippen LogP contribution in [0, 0.1) is 22.7 Å². The monoisotopic (exact) mass is 422 g/mol. The maximum Gasteiger partial charge on any atom is 0.302 e. The standard InChI is InChI=1S/C21H24BrFO3/c1-12(24)26-18-7-6-15-16-5-4-13-10-14(25)8-9-20(13,3)21(16,22)17(23)11-19(15,18)2/h4-5,8-10,15-18H,6-7,11H2,1-3H3/t15-,16-,17-,18-,19-,20-,21-/m0/s1. The molecule has 0 amide bonds. The average Bonchev–Trinajstić information content (AvgIpc) is 2.86. The molecule has 0 aromatic rings. The summed E-state index contributed by atoms with van der Waals surface area (Å²) in [6.45, 7) is 5.50. The molecule has 2 fully saturated rings. The van der Waals surface area contributed by atoms with Gasteiger partial charge < -0.3 is 4.74 Å². The first-order chi connectivity index (χ1) is 12.1. The Balaban J connectivity index is 1.80. The van der Waals surface area contributed by atoms with E-state index in [1.54, 1.807) is 12.2 Å². The van der Waals surface area contributed by atoms with E-state index in [1.807, 2.05) is 19.1 Å². The first-order valence-corrected chi connectivity index (χ1v) is 10.1. The molecule has 0 N–H and O–H groups in total. The summed E-state index contributed by atoms with van der Waals surface area (Å²) in [6.07, 6.45) is 9.76. The zero-order valence-corrected chi connectivity index (χ0v) is 16.9. The molecule has 140 valence electrons. The van der Waals surface area contributed by atoms with Gasteiger partial charge in [0, 0.05) is 17.8 Å². The largest absolute Gasteiger partial charge is 0.462 e. The summed E-state index contributed by atoms with van der Waals surface area (Å²) in [6, 6.07) is 0. The smallest absolute Gasteiger partial charge is 0.302 e. The van der Waals surface area contributed by atoms with E-state index < -0.39 is 15.9 Å². The summed E-state index contributed by atoms with van der Waals surface area (Å²) < 4.78 is 20.6. The molecule has 0 aromatic carbocycles. The van der Waals surface area contributed by atoms with Gasteiger partial charge in [0.25, 0.3) is 0 Å². The maximum absolute atomic E-state index is 15.8. The van der Waals surface area contributed by atoms with Crippen molar-refractivity contribution in [2.24, 2.45) is 22.7 Å². The minimum absolute atomic E-state index is 0.0307. The lowest BCUT2D eigenvalue weighted by Gasteiger charge is -2.60. The number of halogens is 2. The highest BCUT2D eigenvalue weighted by Crippen LogP contribution is 2.68. The van der Waals surface area contributed by atoms with Crippen LogP contribution in [0.3, 0.4) is 0 Å². The molecule has 4 aliphatic rings. The maximum atomic E-state index is 15.8. The minimum atomic E-state index is -1.12. The van der Waals surface area contributed by atoms with Crippen molar-refractivity contribution in [1.29, 1.82) is 0 Å². The van der Waals surface area contributed by atoms with Gasteiger partial charge in [-0.05, 0) is 48.8 Å². The van der Waals surface area contributed by atoms with Crippen molar-refractivity contribution >= 4 is 27.7 Å². The number of fused-ring (bicyclic) bond motifs is 5. The Morgan fingerprint density at radius 2 is 2.04 bits per heavy atom. The molecule has 5 heteroatoms. The van der Waals surface area contributed by atoms with Gasteiger partial charge in [-0.2, -0.15) is 0 Å². The number of allylic oxidation sites excluding steroid dienone is 6. The van der Waals surface area contributed by atoms with Crippen LogP contribution >= 0.6 is 15.9 Å². The molecule has 0 aromatic heterocycles. The number of rotatable bonds is 1. The highest BCUT2D eigenvalue weighted by Gasteiger charge is 2.68. The fourth-order valence-electron chi connectivity index (χ4n) is 5.95. The fraction of sp³-hybridized carbons (Fsp3) is 0.619. The van der Waals surface area contributed by atoms with Crippen LogP contribution in [-0.2, 0) is 14.3 Å². The van der Waals surface area contributed by atoms with Crippen molar-refractivity contribution in [3.8, 4) is 0 Å². The Morgan fingerprint density at radius 3 is 2.73 bits per heavy atom. The van der Waals surface area contributed by atoms with Crippen molar-refractivity contribution in [1.82, 2.24) is 0 Å². The number of hydrogen-bond acceptors (Lipinski definition) is 3. The van der Waals surface area contributed by atoms with Gasteiger partial charge >= 0.3 is 5.97 Å². The fourth-order valence-corrected chi connectivity index (χ4v) is 6.95. The quantitative estimate of drug-likeness (QED) is 0.462. The second-order valence-corrected chi connectivity index (χ2v) is 9.96. The topological polar surface area (TPSA) is 43.4 Å². The van der Waals surface area contributed by atoms with E-state index in [1.165, 1.54) is 6.92 Å². The third-order valence-electron chi connectivity index (χ3n) is 7.38. The van der Waals surface area contributed by atoms with E-state index in [0.29, 0.717) is 6.42 Å². The minimum Gasteiger partial charge on any atom is -0.462 e. The van der Waals surface area contributed by atoms with Crippen LogP contribution in [0.25, 0.3) is 0 Å². The normalized spacial score (nSPS) is 49.1. The number of esters is 1. The third-order valence-corrected chi connectivity index (χ3v) is 9.23. The van der Waals surface area contributed by atoms with Gasteiger partial charge in [0.05, 0.1) is 4.32 Å². The summed E-state index contributed by atoms with van der Waals surface area (Å²) in [5, 5.41) is 0.